The molecule has 216 valence electrons. The van der Waals surface area contributed by atoms with E-state index >= 15 is 0 Å². The van der Waals surface area contributed by atoms with Crippen LogP contribution in [0.25, 0.3) is 0 Å². The van der Waals surface area contributed by atoms with Gasteiger partial charge in [-0.15, -0.1) is 0 Å². The van der Waals surface area contributed by atoms with E-state index in [-0.39, 0.29) is 25.0 Å². The number of carbonyl (C=O) groups excluding carboxylic acids is 1. The second kappa shape index (κ2) is 14.8. The average molecular weight is 543 g/mol. The topological polar surface area (TPSA) is 69.7 Å². The molecule has 0 bridgehead atoms. The van der Waals surface area contributed by atoms with Crippen molar-refractivity contribution in [2.24, 2.45) is 0 Å². The van der Waals surface area contributed by atoms with Crippen LogP contribution in [0.2, 0.25) is 0 Å². The van der Waals surface area contributed by atoms with Crippen LogP contribution in [0, 0.1) is 0 Å². The van der Waals surface area contributed by atoms with Crippen molar-refractivity contribution in [3.05, 3.63) is 71.8 Å². The van der Waals surface area contributed by atoms with Gasteiger partial charge in [0.15, 0.2) is 0 Å². The fourth-order valence-corrected chi connectivity index (χ4v) is 5.05. The van der Waals surface area contributed by atoms with Gasteiger partial charge in [-0.2, -0.15) is 0 Å². The van der Waals surface area contributed by atoms with Crippen molar-refractivity contribution in [3.63, 3.8) is 0 Å². The highest BCUT2D eigenvalue weighted by Crippen LogP contribution is 2.35. The lowest BCUT2D eigenvalue weighted by molar-refractivity contribution is -0.0879. The Morgan fingerprint density at radius 2 is 1.54 bits per heavy atom. The Hall–Kier alpha value is -2.49. The number of carbonyl (C=O) groups is 1. The number of methoxy groups -OCH3 is 1. The first-order chi connectivity index (χ1) is 18.6. The number of hydrogen-bond acceptors (Lipinski definition) is 7. The lowest BCUT2D eigenvalue weighted by Gasteiger charge is -2.38. The molecular formula is C31H46N2O6. The summed E-state index contributed by atoms with van der Waals surface area (Å²) in [7, 11) is 1.64. The molecule has 1 heterocycles. The Kier molecular flexibility index (Phi) is 11.8. The molecule has 0 unspecified atom stereocenters. The van der Waals surface area contributed by atoms with Gasteiger partial charge in [-0.3, -0.25) is 9.80 Å². The number of rotatable bonds is 15. The predicted octanol–water partition coefficient (Wildman–Crippen LogP) is 5.46. The molecule has 8 heteroatoms. The third-order valence-electron chi connectivity index (χ3n) is 6.89. The van der Waals surface area contributed by atoms with Gasteiger partial charge in [-0.05, 0) is 45.7 Å². The van der Waals surface area contributed by atoms with Gasteiger partial charge < -0.3 is 23.7 Å². The molecule has 1 saturated heterocycles. The van der Waals surface area contributed by atoms with E-state index in [4.69, 9.17) is 23.7 Å². The predicted molar refractivity (Wildman–Crippen MR) is 151 cm³/mol. The largest absolute Gasteiger partial charge is 0.446 e. The van der Waals surface area contributed by atoms with Crippen LogP contribution in [0.3, 0.4) is 0 Å². The zero-order chi connectivity index (χ0) is 28.3. The molecule has 2 aromatic rings. The highest BCUT2D eigenvalue weighted by molar-refractivity contribution is 5.70. The summed E-state index contributed by atoms with van der Waals surface area (Å²) in [6, 6.07) is 20.7. The molecule has 0 saturated carbocycles. The summed E-state index contributed by atoms with van der Waals surface area (Å²) in [5.41, 5.74) is 1.23. The lowest BCUT2D eigenvalue weighted by Crippen LogP contribution is -2.53. The monoisotopic (exact) mass is 542 g/mol. The first-order valence-corrected chi connectivity index (χ1v) is 13.7. The maximum absolute atomic E-state index is 13.3. The highest BCUT2D eigenvalue weighted by atomic mass is 16.7. The Bertz CT molecular complexity index is 928. The molecule has 1 aliphatic heterocycles. The second-order valence-corrected chi connectivity index (χ2v) is 11.2. The third-order valence-corrected chi connectivity index (χ3v) is 6.89. The molecule has 0 spiro atoms. The number of ether oxygens (including phenoxy) is 5. The summed E-state index contributed by atoms with van der Waals surface area (Å²) in [6.45, 7) is 13.2. The number of amides is 1. The molecule has 1 fully saturated rings. The second-order valence-electron chi connectivity index (χ2n) is 11.2. The van der Waals surface area contributed by atoms with Gasteiger partial charge in [-0.1, -0.05) is 60.7 Å². The molecular weight excluding hydrogens is 496 g/mol. The van der Waals surface area contributed by atoms with Gasteiger partial charge in [0.25, 0.3) is 0 Å². The summed E-state index contributed by atoms with van der Waals surface area (Å²) < 4.78 is 28.5. The molecule has 2 aromatic carbocycles. The van der Waals surface area contributed by atoms with E-state index < -0.39 is 11.3 Å². The number of benzene rings is 2. The fourth-order valence-electron chi connectivity index (χ4n) is 5.05. The summed E-state index contributed by atoms with van der Waals surface area (Å²) in [5, 5.41) is 0. The van der Waals surface area contributed by atoms with E-state index in [0.29, 0.717) is 32.8 Å². The van der Waals surface area contributed by atoms with Crippen LogP contribution >= 0.6 is 0 Å². The zero-order valence-electron chi connectivity index (χ0n) is 24.4. The smallest absolute Gasteiger partial charge is 0.412 e. The summed E-state index contributed by atoms with van der Waals surface area (Å²) in [5.74, 6) is 0. The molecule has 3 rings (SSSR count). The minimum atomic E-state index is -0.727. The van der Waals surface area contributed by atoms with Gasteiger partial charge in [-0.25, -0.2) is 4.79 Å². The van der Waals surface area contributed by atoms with Crippen LogP contribution in [0.4, 0.5) is 4.79 Å². The highest BCUT2D eigenvalue weighted by Gasteiger charge is 2.50. The number of hydrogen-bond donors (Lipinski definition) is 0. The standard InChI is InChI=1S/C31H46N2O6/c1-25(39-29(34)33-30(2,3)23-38-31(33,4)5)19-28(22-37-24-36-18-17-35-6)32(20-26-13-9-7-10-14-26)21-27-15-11-8-12-16-27/h7-16,25,28H,17-24H2,1-6H3/t25-,28+/m1/s1. The van der Waals surface area contributed by atoms with Crippen LogP contribution in [0.5, 0.6) is 0 Å². The van der Waals surface area contributed by atoms with E-state index in [1.54, 1.807) is 12.0 Å². The first kappa shape index (κ1) is 31.0. The van der Waals surface area contributed by atoms with Crippen LogP contribution in [0.15, 0.2) is 60.7 Å². The maximum atomic E-state index is 13.3. The Balaban J connectivity index is 1.75. The van der Waals surface area contributed by atoms with E-state index in [9.17, 15) is 4.79 Å². The van der Waals surface area contributed by atoms with Crippen molar-refractivity contribution >= 4 is 6.09 Å². The minimum absolute atomic E-state index is 0.0323. The van der Waals surface area contributed by atoms with Crippen LogP contribution < -0.4 is 0 Å². The molecule has 0 aliphatic carbocycles. The first-order valence-electron chi connectivity index (χ1n) is 13.7. The maximum Gasteiger partial charge on any atom is 0.412 e. The SMILES string of the molecule is COCCOCOC[C@H](C[C@@H](C)OC(=O)N1C(C)(C)COC1(C)C)N(Cc1ccccc1)Cc1ccccc1. The Labute approximate surface area is 234 Å². The molecule has 0 N–H and O–H groups in total. The molecule has 1 aliphatic rings. The molecule has 0 aromatic heterocycles. The van der Waals surface area contributed by atoms with Crippen molar-refractivity contribution in [1.82, 2.24) is 9.80 Å². The van der Waals surface area contributed by atoms with Crippen molar-refractivity contribution in [1.29, 1.82) is 0 Å². The van der Waals surface area contributed by atoms with Crippen LogP contribution in [-0.4, -0.2) is 79.6 Å². The normalized spacial score (nSPS) is 17.8. The quantitative estimate of drug-likeness (QED) is 0.219. The molecule has 2 atom stereocenters. The Morgan fingerprint density at radius 1 is 0.949 bits per heavy atom. The van der Waals surface area contributed by atoms with Crippen molar-refractivity contribution in [3.8, 4) is 0 Å². The van der Waals surface area contributed by atoms with Gasteiger partial charge in [0.05, 0.1) is 32.0 Å². The molecule has 1 amide bonds. The fraction of sp³-hybridized carbons (Fsp3) is 0.581. The summed E-state index contributed by atoms with van der Waals surface area (Å²) in [4.78, 5) is 17.4. The zero-order valence-corrected chi connectivity index (χ0v) is 24.4. The summed E-state index contributed by atoms with van der Waals surface area (Å²) in [6.07, 6.45) is -0.115. The third kappa shape index (κ3) is 9.58. The van der Waals surface area contributed by atoms with E-state index in [2.05, 4.69) is 53.4 Å². The van der Waals surface area contributed by atoms with Gasteiger partial charge >= 0.3 is 6.09 Å². The molecule has 0 radical (unpaired) electrons. The van der Waals surface area contributed by atoms with Gasteiger partial charge in [0.1, 0.15) is 18.6 Å². The molecule has 8 nitrogen and oxygen atoms in total. The van der Waals surface area contributed by atoms with Gasteiger partial charge in [0.2, 0.25) is 0 Å². The number of nitrogens with zero attached hydrogens (tertiary/aromatic N) is 2. The molecule has 39 heavy (non-hydrogen) atoms. The van der Waals surface area contributed by atoms with Gasteiger partial charge in [0, 0.05) is 32.7 Å². The van der Waals surface area contributed by atoms with Crippen LogP contribution in [-0.2, 0) is 36.8 Å². The van der Waals surface area contributed by atoms with Crippen molar-refractivity contribution in [2.75, 3.05) is 40.3 Å². The van der Waals surface area contributed by atoms with Crippen molar-refractivity contribution in [2.45, 2.75) is 77.5 Å². The van der Waals surface area contributed by atoms with E-state index in [0.717, 1.165) is 13.1 Å². The van der Waals surface area contributed by atoms with Crippen LogP contribution in [0.1, 0.15) is 52.2 Å². The van der Waals surface area contributed by atoms with Crippen molar-refractivity contribution < 1.29 is 28.5 Å². The lowest BCUT2D eigenvalue weighted by atomic mass is 10.0. The summed E-state index contributed by atoms with van der Waals surface area (Å²) >= 11 is 0. The van der Waals surface area contributed by atoms with E-state index in [1.165, 1.54) is 11.1 Å². The average Bonchev–Trinajstić information content (AvgIpc) is 3.12. The van der Waals surface area contributed by atoms with E-state index in [1.807, 2.05) is 46.8 Å². The minimum Gasteiger partial charge on any atom is -0.446 e. The Morgan fingerprint density at radius 3 is 2.05 bits per heavy atom.